The monoisotopic (exact) mass is 624 g/mol. The molecule has 14 heteroatoms. The van der Waals surface area contributed by atoms with Crippen LogP contribution in [-0.2, 0) is 21.4 Å². The molecule has 0 unspecified atom stereocenters. The summed E-state index contributed by atoms with van der Waals surface area (Å²) < 4.78 is 96.8. The first kappa shape index (κ1) is 30.4. The van der Waals surface area contributed by atoms with Gasteiger partial charge in [-0.2, -0.15) is 4.31 Å². The maximum Gasteiger partial charge on any atom is 0.339 e. The van der Waals surface area contributed by atoms with Crippen LogP contribution in [0.5, 0.6) is 5.75 Å². The summed E-state index contributed by atoms with van der Waals surface area (Å²) in [6.07, 6.45) is 4.19. The lowest BCUT2D eigenvalue weighted by molar-refractivity contribution is -0.125. The Balaban J connectivity index is 1.49. The quantitative estimate of drug-likeness (QED) is 0.196. The number of nitrogens with zero attached hydrogens (tertiary/aromatic N) is 2. The number of amides is 1. The summed E-state index contributed by atoms with van der Waals surface area (Å²) >= 11 is 0. The van der Waals surface area contributed by atoms with Crippen LogP contribution < -0.4 is 4.90 Å². The maximum absolute atomic E-state index is 14.5. The molecule has 1 saturated carbocycles. The van der Waals surface area contributed by atoms with E-state index in [2.05, 4.69) is 0 Å². The van der Waals surface area contributed by atoms with Crippen molar-refractivity contribution < 1.29 is 50.2 Å². The molecule has 0 aromatic heterocycles. The Morgan fingerprint density at radius 2 is 1.44 bits per heavy atom. The Labute approximate surface area is 243 Å². The normalized spacial score (nSPS) is 17.6. The van der Waals surface area contributed by atoms with Crippen LogP contribution in [0.15, 0.2) is 47.4 Å². The van der Waals surface area contributed by atoms with Gasteiger partial charge in [0.2, 0.25) is 21.7 Å². The summed E-state index contributed by atoms with van der Waals surface area (Å²) in [6.45, 7) is -0.631. The highest BCUT2D eigenvalue weighted by molar-refractivity contribution is 7.89. The minimum atomic E-state index is -5.39. The lowest BCUT2D eigenvalue weighted by Crippen LogP contribution is -2.59. The highest BCUT2D eigenvalue weighted by atomic mass is 32.2. The Bertz CT molecular complexity index is 1680. The number of hydrogen-bond donors (Lipinski definition) is 2. The van der Waals surface area contributed by atoms with Gasteiger partial charge >= 0.3 is 5.97 Å². The number of aromatic carboxylic acids is 1. The minimum absolute atomic E-state index is 0.0205. The summed E-state index contributed by atoms with van der Waals surface area (Å²) in [5, 5.41) is 19.6. The molecule has 1 aliphatic carbocycles. The van der Waals surface area contributed by atoms with Gasteiger partial charge in [0.15, 0.2) is 28.2 Å². The zero-order valence-electron chi connectivity index (χ0n) is 22.4. The Hall–Kier alpha value is -4.04. The average Bonchev–Trinajstić information content (AvgIpc) is 3.48. The fraction of sp³-hybridized carbons (Fsp3) is 0.310. The van der Waals surface area contributed by atoms with Crippen molar-refractivity contribution in [3.05, 3.63) is 88.2 Å². The average molecular weight is 625 g/mol. The van der Waals surface area contributed by atoms with Gasteiger partial charge in [0.25, 0.3) is 0 Å². The second kappa shape index (κ2) is 11.6. The first-order valence-corrected chi connectivity index (χ1v) is 14.8. The number of rotatable bonds is 8. The van der Waals surface area contributed by atoms with E-state index in [1.807, 2.05) is 12.1 Å². The Kier molecular flexibility index (Phi) is 8.18. The van der Waals surface area contributed by atoms with Gasteiger partial charge in [-0.15, -0.1) is 0 Å². The van der Waals surface area contributed by atoms with E-state index in [1.54, 1.807) is 12.1 Å². The van der Waals surface area contributed by atoms with Gasteiger partial charge in [-0.3, -0.25) is 4.79 Å². The molecule has 2 N–H and O–H groups in total. The summed E-state index contributed by atoms with van der Waals surface area (Å²) in [7, 11) is -5.39. The predicted octanol–water partition coefficient (Wildman–Crippen LogP) is 5.44. The molecule has 0 spiro atoms. The number of benzene rings is 3. The molecular weight excluding hydrogens is 599 g/mol. The van der Waals surface area contributed by atoms with E-state index >= 15 is 0 Å². The van der Waals surface area contributed by atoms with Crippen molar-refractivity contribution in [2.75, 3.05) is 11.4 Å². The number of carboxylic acids is 1. The van der Waals surface area contributed by atoms with Gasteiger partial charge in [-0.05, 0) is 48.4 Å². The maximum atomic E-state index is 14.5. The summed E-state index contributed by atoms with van der Waals surface area (Å²) in [6, 6.07) is 9.00. The van der Waals surface area contributed by atoms with Crippen LogP contribution in [0.1, 0.15) is 59.5 Å². The first-order chi connectivity index (χ1) is 20.3. The molecule has 43 heavy (non-hydrogen) atoms. The largest absolute Gasteiger partial charge is 0.507 e. The highest BCUT2D eigenvalue weighted by Crippen LogP contribution is 2.37. The fourth-order valence-corrected chi connectivity index (χ4v) is 7.25. The van der Waals surface area contributed by atoms with Crippen LogP contribution in [0.2, 0.25) is 0 Å². The molecule has 5 rings (SSSR count). The SMILES string of the molecule is O=C(O)c1ccc(N(Cc2ccc(C3CCCC3)cc2)C(=O)[C@H]2CCN2S(=O)(=O)c2c(F)c(F)c(F)c(F)c2F)cc1O. The van der Waals surface area contributed by atoms with Crippen molar-refractivity contribution in [3.8, 4) is 5.75 Å². The fourth-order valence-electron chi connectivity index (χ4n) is 5.51. The first-order valence-electron chi connectivity index (χ1n) is 13.3. The third-order valence-corrected chi connectivity index (χ3v) is 9.86. The molecule has 1 atom stereocenters. The topological polar surface area (TPSA) is 115 Å². The molecule has 1 amide bonds. The van der Waals surface area contributed by atoms with Crippen molar-refractivity contribution >= 4 is 27.6 Å². The van der Waals surface area contributed by atoms with Gasteiger partial charge < -0.3 is 15.1 Å². The number of halogens is 5. The molecule has 1 saturated heterocycles. The van der Waals surface area contributed by atoms with Gasteiger partial charge in [0, 0.05) is 18.3 Å². The van der Waals surface area contributed by atoms with E-state index in [0.717, 1.165) is 48.3 Å². The van der Waals surface area contributed by atoms with Crippen molar-refractivity contribution in [2.45, 2.75) is 55.5 Å². The van der Waals surface area contributed by atoms with Crippen molar-refractivity contribution in [2.24, 2.45) is 0 Å². The Morgan fingerprint density at radius 1 is 0.860 bits per heavy atom. The number of aromatic hydroxyl groups is 1. The molecule has 2 fully saturated rings. The van der Waals surface area contributed by atoms with E-state index in [1.165, 1.54) is 6.07 Å². The molecule has 8 nitrogen and oxygen atoms in total. The van der Waals surface area contributed by atoms with Crippen molar-refractivity contribution in [3.63, 3.8) is 0 Å². The van der Waals surface area contributed by atoms with Crippen molar-refractivity contribution in [1.82, 2.24) is 4.31 Å². The standard InChI is InChI=1S/C29H25F5N2O6S/c30-22-23(31)25(33)27(26(34)24(22)32)43(41,42)36-12-11-20(36)28(38)35(18-9-10-19(29(39)40)21(37)13-18)14-15-5-7-17(8-6-15)16-3-1-2-4-16/h5-10,13,16,20,37H,1-4,11-12,14H2,(H,39,40)/t20-/m1/s1. The lowest BCUT2D eigenvalue weighted by Gasteiger charge is -2.41. The van der Waals surface area contributed by atoms with E-state index in [4.69, 9.17) is 0 Å². The van der Waals surface area contributed by atoms with Gasteiger partial charge in [0.1, 0.15) is 17.4 Å². The van der Waals surface area contributed by atoms with Crippen LogP contribution in [0.4, 0.5) is 27.6 Å². The molecule has 2 aliphatic rings. The van der Waals surface area contributed by atoms with Gasteiger partial charge in [-0.25, -0.2) is 35.2 Å². The summed E-state index contributed by atoms with van der Waals surface area (Å²) in [5.41, 5.74) is 1.22. The molecule has 0 radical (unpaired) electrons. The number of phenols is 1. The molecule has 1 aliphatic heterocycles. The van der Waals surface area contributed by atoms with Crippen LogP contribution >= 0.6 is 0 Å². The number of carbonyl (C=O) groups is 2. The number of hydrogen-bond acceptors (Lipinski definition) is 5. The molecule has 3 aromatic carbocycles. The smallest absolute Gasteiger partial charge is 0.339 e. The molecule has 3 aromatic rings. The molecular formula is C29H25F5N2O6S. The third-order valence-electron chi connectivity index (χ3n) is 7.93. The van der Waals surface area contributed by atoms with E-state index in [9.17, 15) is 50.2 Å². The number of carbonyl (C=O) groups excluding carboxylic acids is 1. The second-order valence-electron chi connectivity index (χ2n) is 10.5. The third kappa shape index (κ3) is 5.44. The van der Waals surface area contributed by atoms with Crippen LogP contribution in [0.25, 0.3) is 0 Å². The van der Waals surface area contributed by atoms with E-state index in [0.29, 0.717) is 15.8 Å². The minimum Gasteiger partial charge on any atom is -0.507 e. The second-order valence-corrected chi connectivity index (χ2v) is 12.3. The van der Waals surface area contributed by atoms with Crippen LogP contribution in [0, 0.1) is 29.1 Å². The number of sulfonamides is 1. The molecule has 0 bridgehead atoms. The molecule has 228 valence electrons. The zero-order chi connectivity index (χ0) is 31.2. The highest BCUT2D eigenvalue weighted by Gasteiger charge is 2.48. The van der Waals surface area contributed by atoms with Gasteiger partial charge in [0.05, 0.1) is 6.54 Å². The zero-order valence-corrected chi connectivity index (χ0v) is 23.2. The summed E-state index contributed by atoms with van der Waals surface area (Å²) in [5.74, 6) is -15.2. The molecule has 1 heterocycles. The van der Waals surface area contributed by atoms with E-state index < -0.39 is 79.8 Å². The van der Waals surface area contributed by atoms with Crippen LogP contribution in [0.3, 0.4) is 0 Å². The summed E-state index contributed by atoms with van der Waals surface area (Å²) in [4.78, 5) is 24.2. The Morgan fingerprint density at radius 3 is 1.95 bits per heavy atom. The van der Waals surface area contributed by atoms with Crippen molar-refractivity contribution in [1.29, 1.82) is 0 Å². The lowest BCUT2D eigenvalue weighted by atomic mass is 9.96. The van der Waals surface area contributed by atoms with Crippen LogP contribution in [-0.4, -0.2) is 47.4 Å². The number of carboxylic acid groups (broad SMARTS) is 1. The predicted molar refractivity (Wildman–Crippen MR) is 142 cm³/mol. The van der Waals surface area contributed by atoms with Gasteiger partial charge in [-0.1, -0.05) is 37.1 Å². The number of anilines is 1. The van der Waals surface area contributed by atoms with E-state index in [-0.39, 0.29) is 18.7 Å².